The number of aromatic nitrogens is 1. The molecule has 0 aliphatic carbocycles. The van der Waals surface area contributed by atoms with E-state index in [2.05, 4.69) is 20.9 Å². The number of halogens is 6. The van der Waals surface area contributed by atoms with Crippen LogP contribution < -0.4 is 0 Å². The molecule has 0 radical (unpaired) electrons. The van der Waals surface area contributed by atoms with Crippen LogP contribution in [0.5, 0.6) is 0 Å². The van der Waals surface area contributed by atoms with Crippen LogP contribution in [0.4, 0.5) is 22.0 Å². The van der Waals surface area contributed by atoms with Crippen molar-refractivity contribution in [2.24, 2.45) is 0 Å². The van der Waals surface area contributed by atoms with Crippen LogP contribution in [0.1, 0.15) is 23.2 Å². The quantitative estimate of drug-likeness (QED) is 0.851. The lowest BCUT2D eigenvalue weighted by molar-refractivity contribution is -0.142. The summed E-state index contributed by atoms with van der Waals surface area (Å²) in [6.07, 6.45) is -7.35. The van der Waals surface area contributed by atoms with Gasteiger partial charge in [0.2, 0.25) is 0 Å². The third-order valence-corrected chi connectivity index (χ3v) is 2.45. The zero-order valence-corrected chi connectivity index (χ0v) is 9.11. The van der Waals surface area contributed by atoms with Gasteiger partial charge in [0.25, 0.3) is 6.43 Å². The highest BCUT2D eigenvalue weighted by Crippen LogP contribution is 2.37. The Kier molecular flexibility index (Phi) is 3.84. The minimum absolute atomic E-state index is 0.264. The van der Waals surface area contributed by atoms with Crippen molar-refractivity contribution in [1.29, 1.82) is 0 Å². The predicted octanol–water partition coefficient (Wildman–Crippen LogP) is 3.29. The van der Waals surface area contributed by atoms with E-state index in [1.165, 1.54) is 0 Å². The van der Waals surface area contributed by atoms with Crippen molar-refractivity contribution in [2.45, 2.75) is 19.2 Å². The molecule has 16 heavy (non-hydrogen) atoms. The normalized spacial score (nSPS) is 12.2. The minimum atomic E-state index is -4.87. The van der Waals surface area contributed by atoms with Crippen LogP contribution in [-0.4, -0.2) is 10.1 Å². The third-order valence-electron chi connectivity index (χ3n) is 1.82. The molecule has 0 fully saturated rings. The maximum atomic E-state index is 12.5. The monoisotopic (exact) mass is 305 g/mol. The first-order chi connectivity index (χ1) is 7.29. The maximum Gasteiger partial charge on any atom is 0.433 e. The molecule has 1 N–H and O–H groups in total. The molecule has 1 aromatic heterocycles. The first-order valence-electron chi connectivity index (χ1n) is 3.92. The van der Waals surface area contributed by atoms with Crippen LogP contribution in [0.2, 0.25) is 0 Å². The highest BCUT2D eigenvalue weighted by atomic mass is 79.9. The maximum absolute atomic E-state index is 12.5. The topological polar surface area (TPSA) is 33.1 Å². The molecular formula is C8H5BrF5NO. The summed E-state index contributed by atoms with van der Waals surface area (Å²) in [5.74, 6) is 0. The van der Waals surface area contributed by atoms with Crippen molar-refractivity contribution in [3.63, 3.8) is 0 Å². The number of hydrogen-bond donors (Lipinski definition) is 1. The van der Waals surface area contributed by atoms with E-state index in [4.69, 9.17) is 5.11 Å². The molecule has 0 bridgehead atoms. The molecule has 0 amide bonds. The summed E-state index contributed by atoms with van der Waals surface area (Å²) in [7, 11) is 0. The fourth-order valence-corrected chi connectivity index (χ4v) is 1.70. The van der Waals surface area contributed by atoms with Gasteiger partial charge < -0.3 is 5.11 Å². The van der Waals surface area contributed by atoms with Crippen LogP contribution in [-0.2, 0) is 12.8 Å². The van der Waals surface area contributed by atoms with Crippen molar-refractivity contribution >= 4 is 15.9 Å². The van der Waals surface area contributed by atoms with Crippen LogP contribution in [0.25, 0.3) is 0 Å². The van der Waals surface area contributed by atoms with Crippen molar-refractivity contribution in [1.82, 2.24) is 4.98 Å². The van der Waals surface area contributed by atoms with Gasteiger partial charge in [-0.1, -0.05) is 0 Å². The molecule has 1 heterocycles. The second-order valence-corrected chi connectivity index (χ2v) is 3.66. The molecule has 0 aromatic carbocycles. The third kappa shape index (κ3) is 2.49. The van der Waals surface area contributed by atoms with E-state index in [0.717, 1.165) is 0 Å². The molecule has 0 aliphatic rings. The van der Waals surface area contributed by atoms with Gasteiger partial charge in [-0.15, -0.1) is 0 Å². The SMILES string of the molecule is OCc1c(C(F)(F)F)ncc(Br)c1C(F)F. The number of aliphatic hydroxyl groups is 1. The second-order valence-electron chi connectivity index (χ2n) is 2.80. The van der Waals surface area contributed by atoms with Gasteiger partial charge in [0, 0.05) is 21.8 Å². The van der Waals surface area contributed by atoms with Gasteiger partial charge in [0.05, 0.1) is 6.61 Å². The Balaban J connectivity index is 3.49. The first-order valence-corrected chi connectivity index (χ1v) is 4.71. The fourth-order valence-electron chi connectivity index (χ4n) is 1.18. The Bertz CT molecular complexity index is 393. The van der Waals surface area contributed by atoms with E-state index in [0.29, 0.717) is 6.20 Å². The number of aliphatic hydroxyl groups excluding tert-OH is 1. The summed E-state index contributed by atoms with van der Waals surface area (Å²) in [6, 6.07) is 0. The molecule has 2 nitrogen and oxygen atoms in total. The summed E-state index contributed by atoms with van der Waals surface area (Å²) in [4.78, 5) is 3.00. The number of nitrogens with zero attached hydrogens (tertiary/aromatic N) is 1. The number of hydrogen-bond acceptors (Lipinski definition) is 2. The Hall–Kier alpha value is -0.760. The largest absolute Gasteiger partial charge is 0.433 e. The van der Waals surface area contributed by atoms with Gasteiger partial charge in [-0.25, -0.2) is 8.78 Å². The Labute approximate surface area is 95.2 Å². The molecule has 90 valence electrons. The highest BCUT2D eigenvalue weighted by molar-refractivity contribution is 9.10. The van der Waals surface area contributed by atoms with Crippen LogP contribution in [0.3, 0.4) is 0 Å². The molecule has 0 spiro atoms. The lowest BCUT2D eigenvalue weighted by Crippen LogP contribution is -2.14. The van der Waals surface area contributed by atoms with Crippen LogP contribution in [0, 0.1) is 0 Å². The summed E-state index contributed by atoms with van der Waals surface area (Å²) in [6.45, 7) is -1.15. The molecule has 0 saturated carbocycles. The van der Waals surface area contributed by atoms with Gasteiger partial charge >= 0.3 is 6.18 Å². The summed E-state index contributed by atoms with van der Waals surface area (Å²) < 4.78 is 61.9. The molecular weight excluding hydrogens is 301 g/mol. The standard InChI is InChI=1S/C8H5BrF5NO/c9-4-1-15-6(8(12,13)14)3(2-16)5(4)7(10)11/h1,7,16H,2H2. The molecule has 0 aliphatic heterocycles. The van der Waals surface area contributed by atoms with Gasteiger partial charge in [0.1, 0.15) is 5.69 Å². The van der Waals surface area contributed by atoms with E-state index in [-0.39, 0.29) is 4.47 Å². The molecule has 8 heteroatoms. The fraction of sp³-hybridized carbons (Fsp3) is 0.375. The average Bonchev–Trinajstić information content (AvgIpc) is 2.14. The van der Waals surface area contributed by atoms with Gasteiger partial charge in [0.15, 0.2) is 0 Å². The van der Waals surface area contributed by atoms with Crippen LogP contribution >= 0.6 is 15.9 Å². The van der Waals surface area contributed by atoms with Crippen molar-refractivity contribution in [2.75, 3.05) is 0 Å². The number of pyridine rings is 1. The second kappa shape index (κ2) is 4.62. The molecule has 1 rings (SSSR count). The van der Waals surface area contributed by atoms with Crippen molar-refractivity contribution in [3.8, 4) is 0 Å². The summed E-state index contributed by atoms with van der Waals surface area (Å²) in [5, 5.41) is 8.74. The summed E-state index contributed by atoms with van der Waals surface area (Å²) in [5.41, 5.74) is -3.28. The lowest BCUT2D eigenvalue weighted by atomic mass is 10.1. The van der Waals surface area contributed by atoms with Crippen LogP contribution in [0.15, 0.2) is 10.7 Å². The molecule has 0 unspecified atom stereocenters. The highest BCUT2D eigenvalue weighted by Gasteiger charge is 2.37. The zero-order chi connectivity index (χ0) is 12.5. The Morgan fingerprint density at radius 2 is 1.94 bits per heavy atom. The van der Waals surface area contributed by atoms with E-state index >= 15 is 0 Å². The predicted molar refractivity (Wildman–Crippen MR) is 47.8 cm³/mol. The van der Waals surface area contributed by atoms with E-state index in [1.807, 2.05) is 0 Å². The van der Waals surface area contributed by atoms with E-state index in [9.17, 15) is 22.0 Å². The molecule has 0 atom stereocenters. The zero-order valence-electron chi connectivity index (χ0n) is 7.52. The van der Waals surface area contributed by atoms with Crippen molar-refractivity contribution in [3.05, 3.63) is 27.5 Å². The van der Waals surface area contributed by atoms with Gasteiger partial charge in [-0.2, -0.15) is 13.2 Å². The average molecular weight is 306 g/mol. The number of alkyl halides is 5. The minimum Gasteiger partial charge on any atom is -0.392 e. The molecule has 1 aromatic rings. The number of rotatable bonds is 2. The van der Waals surface area contributed by atoms with Crippen molar-refractivity contribution < 1.29 is 27.1 Å². The van der Waals surface area contributed by atoms with Gasteiger partial charge in [-0.05, 0) is 15.9 Å². The van der Waals surface area contributed by atoms with E-state index in [1.54, 1.807) is 0 Å². The van der Waals surface area contributed by atoms with Gasteiger partial charge in [-0.3, -0.25) is 4.98 Å². The Morgan fingerprint density at radius 3 is 2.31 bits per heavy atom. The first kappa shape index (κ1) is 13.3. The Morgan fingerprint density at radius 1 is 1.38 bits per heavy atom. The smallest absolute Gasteiger partial charge is 0.392 e. The lowest BCUT2D eigenvalue weighted by Gasteiger charge is -2.15. The van der Waals surface area contributed by atoms with E-state index < -0.39 is 36.0 Å². The molecule has 0 saturated heterocycles. The summed E-state index contributed by atoms with van der Waals surface area (Å²) >= 11 is 2.67.